The van der Waals surface area contributed by atoms with E-state index in [1.807, 2.05) is 30.3 Å². The van der Waals surface area contributed by atoms with Gasteiger partial charge in [-0.2, -0.15) is 5.10 Å². The SMILES string of the molecule is Cn1nc(-c2ccc(Cl)cc2F)c(-c2ccccc2)c1N. The molecule has 0 spiro atoms. The highest BCUT2D eigenvalue weighted by molar-refractivity contribution is 6.30. The van der Waals surface area contributed by atoms with Crippen molar-refractivity contribution in [3.05, 3.63) is 59.4 Å². The van der Waals surface area contributed by atoms with Crippen LogP contribution in [0.15, 0.2) is 48.5 Å². The fraction of sp³-hybridized carbons (Fsp3) is 0.0625. The Morgan fingerprint density at radius 3 is 2.52 bits per heavy atom. The molecule has 1 heterocycles. The lowest BCUT2D eigenvalue weighted by Gasteiger charge is -2.05. The zero-order chi connectivity index (χ0) is 15.0. The van der Waals surface area contributed by atoms with Crippen LogP contribution in [0.4, 0.5) is 10.2 Å². The molecule has 0 aliphatic rings. The third-order valence-corrected chi connectivity index (χ3v) is 3.58. The Morgan fingerprint density at radius 1 is 1.14 bits per heavy atom. The van der Waals surface area contributed by atoms with E-state index in [1.54, 1.807) is 23.9 Å². The summed E-state index contributed by atoms with van der Waals surface area (Å²) in [5, 5.41) is 4.70. The number of hydrogen-bond acceptors (Lipinski definition) is 2. The van der Waals surface area contributed by atoms with Crippen LogP contribution in [0.1, 0.15) is 0 Å². The van der Waals surface area contributed by atoms with Gasteiger partial charge >= 0.3 is 0 Å². The van der Waals surface area contributed by atoms with Crippen LogP contribution in [0.5, 0.6) is 0 Å². The molecule has 106 valence electrons. The molecular weight excluding hydrogens is 289 g/mol. The number of rotatable bonds is 2. The van der Waals surface area contributed by atoms with E-state index >= 15 is 0 Å². The lowest BCUT2D eigenvalue weighted by atomic mass is 10.0. The van der Waals surface area contributed by atoms with E-state index in [-0.39, 0.29) is 0 Å². The van der Waals surface area contributed by atoms with E-state index in [9.17, 15) is 4.39 Å². The molecule has 21 heavy (non-hydrogen) atoms. The molecule has 0 saturated heterocycles. The Bertz CT molecular complexity index is 797. The number of aryl methyl sites for hydroxylation is 1. The fourth-order valence-electron chi connectivity index (χ4n) is 2.30. The molecule has 0 radical (unpaired) electrons. The Kier molecular flexibility index (Phi) is 3.39. The Balaban J connectivity index is 2.27. The van der Waals surface area contributed by atoms with Gasteiger partial charge in [0.1, 0.15) is 17.3 Å². The van der Waals surface area contributed by atoms with Crippen molar-refractivity contribution in [2.45, 2.75) is 0 Å². The monoisotopic (exact) mass is 301 g/mol. The van der Waals surface area contributed by atoms with E-state index in [0.717, 1.165) is 11.1 Å². The first-order valence-corrected chi connectivity index (χ1v) is 6.79. The molecule has 3 aromatic rings. The quantitative estimate of drug-likeness (QED) is 0.773. The molecule has 0 amide bonds. The van der Waals surface area contributed by atoms with Gasteiger partial charge in [0.2, 0.25) is 0 Å². The van der Waals surface area contributed by atoms with Crippen LogP contribution >= 0.6 is 11.6 Å². The van der Waals surface area contributed by atoms with Crippen molar-refractivity contribution in [1.29, 1.82) is 0 Å². The minimum atomic E-state index is -0.419. The summed E-state index contributed by atoms with van der Waals surface area (Å²) in [5.74, 6) is 0.0725. The van der Waals surface area contributed by atoms with E-state index in [1.165, 1.54) is 6.07 Å². The maximum atomic E-state index is 14.2. The van der Waals surface area contributed by atoms with Gasteiger partial charge < -0.3 is 5.73 Å². The molecule has 3 rings (SSSR count). The van der Waals surface area contributed by atoms with Gasteiger partial charge in [-0.3, -0.25) is 4.68 Å². The molecule has 5 heteroatoms. The summed E-state index contributed by atoms with van der Waals surface area (Å²) in [6.45, 7) is 0. The van der Waals surface area contributed by atoms with Gasteiger partial charge in [-0.05, 0) is 23.8 Å². The van der Waals surface area contributed by atoms with Gasteiger partial charge in [-0.15, -0.1) is 0 Å². The van der Waals surface area contributed by atoms with Crippen LogP contribution in [0, 0.1) is 5.82 Å². The van der Waals surface area contributed by atoms with Crippen LogP contribution < -0.4 is 5.73 Å². The zero-order valence-electron chi connectivity index (χ0n) is 11.3. The van der Waals surface area contributed by atoms with Crippen molar-refractivity contribution < 1.29 is 4.39 Å². The van der Waals surface area contributed by atoms with Crippen molar-refractivity contribution in [2.24, 2.45) is 7.05 Å². The highest BCUT2D eigenvalue weighted by atomic mass is 35.5. The molecule has 0 fully saturated rings. The van der Waals surface area contributed by atoms with Crippen LogP contribution in [0.2, 0.25) is 5.02 Å². The maximum absolute atomic E-state index is 14.2. The molecule has 2 aromatic carbocycles. The molecule has 0 saturated carbocycles. The van der Waals surface area contributed by atoms with E-state index in [0.29, 0.717) is 22.1 Å². The molecule has 0 unspecified atom stereocenters. The third kappa shape index (κ3) is 2.38. The molecule has 3 nitrogen and oxygen atoms in total. The fourth-order valence-corrected chi connectivity index (χ4v) is 2.46. The number of benzene rings is 2. The Hall–Kier alpha value is -2.33. The molecule has 2 N–H and O–H groups in total. The Labute approximate surface area is 126 Å². The maximum Gasteiger partial charge on any atom is 0.134 e. The molecule has 0 aliphatic carbocycles. The van der Waals surface area contributed by atoms with Crippen molar-refractivity contribution in [3.8, 4) is 22.4 Å². The summed E-state index contributed by atoms with van der Waals surface area (Å²) < 4.78 is 15.7. The summed E-state index contributed by atoms with van der Waals surface area (Å²) in [4.78, 5) is 0. The van der Waals surface area contributed by atoms with Gasteiger partial charge in [-0.25, -0.2) is 4.39 Å². The second-order valence-corrected chi connectivity index (χ2v) is 5.16. The molecule has 0 atom stereocenters. The Morgan fingerprint density at radius 2 is 1.86 bits per heavy atom. The number of nitrogens with two attached hydrogens (primary N) is 1. The predicted molar refractivity (Wildman–Crippen MR) is 83.5 cm³/mol. The number of halogens is 2. The first kappa shape index (κ1) is 13.6. The average molecular weight is 302 g/mol. The summed E-state index contributed by atoms with van der Waals surface area (Å²) in [6, 6.07) is 14.1. The lowest BCUT2D eigenvalue weighted by molar-refractivity contribution is 0.630. The topological polar surface area (TPSA) is 43.8 Å². The third-order valence-electron chi connectivity index (χ3n) is 3.34. The summed E-state index contributed by atoms with van der Waals surface area (Å²) in [6.07, 6.45) is 0. The van der Waals surface area contributed by atoms with Gasteiger partial charge in [0, 0.05) is 17.6 Å². The second kappa shape index (κ2) is 5.22. The van der Waals surface area contributed by atoms with Crippen molar-refractivity contribution in [1.82, 2.24) is 9.78 Å². The molecule has 0 aliphatic heterocycles. The number of aromatic nitrogens is 2. The first-order chi connectivity index (χ1) is 10.1. The van der Waals surface area contributed by atoms with Gasteiger partial charge in [0.05, 0.1) is 5.56 Å². The summed E-state index contributed by atoms with van der Waals surface area (Å²) in [5.41, 5.74) is 8.61. The van der Waals surface area contributed by atoms with E-state index in [4.69, 9.17) is 17.3 Å². The van der Waals surface area contributed by atoms with Crippen LogP contribution in [0.25, 0.3) is 22.4 Å². The average Bonchev–Trinajstić information content (AvgIpc) is 2.75. The van der Waals surface area contributed by atoms with Crippen LogP contribution in [0.3, 0.4) is 0 Å². The molecule has 0 bridgehead atoms. The number of hydrogen-bond donors (Lipinski definition) is 1. The number of anilines is 1. The predicted octanol–water partition coefficient (Wildman–Crippen LogP) is 4.13. The van der Waals surface area contributed by atoms with Crippen molar-refractivity contribution >= 4 is 17.4 Å². The largest absolute Gasteiger partial charge is 0.383 e. The zero-order valence-corrected chi connectivity index (χ0v) is 12.1. The summed E-state index contributed by atoms with van der Waals surface area (Å²) >= 11 is 5.81. The first-order valence-electron chi connectivity index (χ1n) is 6.41. The van der Waals surface area contributed by atoms with Crippen molar-refractivity contribution in [2.75, 3.05) is 5.73 Å². The second-order valence-electron chi connectivity index (χ2n) is 4.72. The van der Waals surface area contributed by atoms with Crippen molar-refractivity contribution in [3.63, 3.8) is 0 Å². The van der Waals surface area contributed by atoms with Gasteiger partial charge in [0.25, 0.3) is 0 Å². The molecule has 1 aromatic heterocycles. The lowest BCUT2D eigenvalue weighted by Crippen LogP contribution is -1.97. The van der Waals surface area contributed by atoms with E-state index in [2.05, 4.69) is 5.10 Å². The number of nitrogens with zero attached hydrogens (tertiary/aromatic N) is 2. The van der Waals surface area contributed by atoms with Gasteiger partial charge in [0.15, 0.2) is 0 Å². The standard InChI is InChI=1S/C16H13ClFN3/c1-21-16(19)14(10-5-3-2-4-6-10)15(20-21)12-8-7-11(17)9-13(12)18/h2-9H,19H2,1H3. The number of nitrogen functional groups attached to an aromatic ring is 1. The van der Waals surface area contributed by atoms with Gasteiger partial charge in [-0.1, -0.05) is 41.9 Å². The van der Waals surface area contributed by atoms with Crippen LogP contribution in [-0.4, -0.2) is 9.78 Å². The van der Waals surface area contributed by atoms with E-state index < -0.39 is 5.82 Å². The smallest absolute Gasteiger partial charge is 0.134 e. The highest BCUT2D eigenvalue weighted by Gasteiger charge is 2.19. The molecular formula is C16H13ClFN3. The normalized spacial score (nSPS) is 10.8. The summed E-state index contributed by atoms with van der Waals surface area (Å²) in [7, 11) is 1.74. The minimum Gasteiger partial charge on any atom is -0.383 e. The van der Waals surface area contributed by atoms with Crippen LogP contribution in [-0.2, 0) is 7.05 Å². The highest BCUT2D eigenvalue weighted by Crippen LogP contribution is 2.37. The minimum absolute atomic E-state index is 0.349.